The summed E-state index contributed by atoms with van der Waals surface area (Å²) in [5.74, 6) is 0.575. The van der Waals surface area contributed by atoms with Gasteiger partial charge in [-0.2, -0.15) is 5.10 Å². The third-order valence-electron chi connectivity index (χ3n) is 2.83. The van der Waals surface area contributed by atoms with E-state index in [1.807, 2.05) is 16.9 Å². The van der Waals surface area contributed by atoms with Gasteiger partial charge in [-0.1, -0.05) is 0 Å². The van der Waals surface area contributed by atoms with E-state index in [1.54, 1.807) is 0 Å². The molecule has 3 N–H and O–H groups in total. The summed E-state index contributed by atoms with van der Waals surface area (Å²) in [6.45, 7) is 7.50. The number of nitrogens with zero attached hydrogens (tertiary/aromatic N) is 3. The number of nitrogens with two attached hydrogens (primary N) is 1. The maximum Gasteiger partial charge on any atom is 0.145 e. The number of anilines is 1. The standard InChI is InChI=1S/C12H24N4O/c1-11(2)15(7-4-10-17)6-3-8-16-9-5-12(13)14-16/h5,9,11,17H,3-4,6-8,10H2,1-2H3,(H2,13,14). The van der Waals surface area contributed by atoms with Gasteiger partial charge in [0.05, 0.1) is 0 Å². The molecule has 0 aromatic carbocycles. The number of rotatable bonds is 8. The summed E-state index contributed by atoms with van der Waals surface area (Å²) < 4.78 is 1.87. The summed E-state index contributed by atoms with van der Waals surface area (Å²) in [5.41, 5.74) is 5.55. The normalized spacial score (nSPS) is 11.6. The molecule has 98 valence electrons. The molecule has 5 heteroatoms. The molecule has 1 aromatic heterocycles. The first-order valence-corrected chi connectivity index (χ1v) is 6.27. The largest absolute Gasteiger partial charge is 0.396 e. The van der Waals surface area contributed by atoms with Crippen LogP contribution in [0.25, 0.3) is 0 Å². The van der Waals surface area contributed by atoms with Crippen LogP contribution in [0.1, 0.15) is 26.7 Å². The van der Waals surface area contributed by atoms with Crippen molar-refractivity contribution in [1.29, 1.82) is 0 Å². The minimum atomic E-state index is 0.263. The zero-order valence-corrected chi connectivity index (χ0v) is 10.8. The molecule has 0 unspecified atom stereocenters. The Morgan fingerprint density at radius 2 is 2.12 bits per heavy atom. The second-order valence-corrected chi connectivity index (χ2v) is 4.56. The van der Waals surface area contributed by atoms with E-state index in [-0.39, 0.29) is 6.61 Å². The summed E-state index contributed by atoms with van der Waals surface area (Å²) >= 11 is 0. The number of aromatic nitrogens is 2. The van der Waals surface area contributed by atoms with Crippen LogP contribution in [0.3, 0.4) is 0 Å². The molecule has 0 aliphatic heterocycles. The zero-order chi connectivity index (χ0) is 12.7. The van der Waals surface area contributed by atoms with Gasteiger partial charge >= 0.3 is 0 Å². The van der Waals surface area contributed by atoms with Crippen molar-refractivity contribution in [3.8, 4) is 0 Å². The summed E-state index contributed by atoms with van der Waals surface area (Å²) in [6, 6.07) is 2.33. The smallest absolute Gasteiger partial charge is 0.145 e. The predicted molar refractivity (Wildman–Crippen MR) is 69.7 cm³/mol. The molecular weight excluding hydrogens is 216 g/mol. The Morgan fingerprint density at radius 1 is 1.41 bits per heavy atom. The van der Waals surface area contributed by atoms with Gasteiger partial charge < -0.3 is 15.7 Å². The van der Waals surface area contributed by atoms with Gasteiger partial charge in [0.25, 0.3) is 0 Å². The molecule has 0 atom stereocenters. The highest BCUT2D eigenvalue weighted by Gasteiger charge is 2.08. The Hall–Kier alpha value is -1.07. The van der Waals surface area contributed by atoms with E-state index >= 15 is 0 Å². The van der Waals surface area contributed by atoms with Gasteiger partial charge in [-0.25, -0.2) is 0 Å². The fourth-order valence-electron chi connectivity index (χ4n) is 1.84. The third kappa shape index (κ3) is 5.19. The van der Waals surface area contributed by atoms with Crippen LogP contribution in [-0.4, -0.2) is 45.5 Å². The average molecular weight is 240 g/mol. The van der Waals surface area contributed by atoms with Crippen molar-refractivity contribution in [3.05, 3.63) is 12.3 Å². The quantitative estimate of drug-likeness (QED) is 0.710. The molecule has 5 nitrogen and oxygen atoms in total. The maximum atomic E-state index is 8.85. The van der Waals surface area contributed by atoms with Gasteiger partial charge in [-0.15, -0.1) is 0 Å². The van der Waals surface area contributed by atoms with Gasteiger partial charge in [0.1, 0.15) is 5.82 Å². The molecule has 0 saturated carbocycles. The van der Waals surface area contributed by atoms with Gasteiger partial charge in [-0.3, -0.25) is 4.68 Å². The zero-order valence-electron chi connectivity index (χ0n) is 10.8. The molecule has 0 bridgehead atoms. The Bertz CT molecular complexity index is 311. The maximum absolute atomic E-state index is 8.85. The molecular formula is C12H24N4O. The molecule has 0 saturated heterocycles. The van der Waals surface area contributed by atoms with Crippen molar-refractivity contribution < 1.29 is 5.11 Å². The van der Waals surface area contributed by atoms with Crippen LogP contribution in [0, 0.1) is 0 Å². The number of aryl methyl sites for hydroxylation is 1. The Labute approximate surface area is 103 Å². The fourth-order valence-corrected chi connectivity index (χ4v) is 1.84. The van der Waals surface area contributed by atoms with Gasteiger partial charge in [0.2, 0.25) is 0 Å². The topological polar surface area (TPSA) is 67.3 Å². The van der Waals surface area contributed by atoms with Crippen molar-refractivity contribution >= 4 is 5.82 Å². The summed E-state index contributed by atoms with van der Waals surface area (Å²) in [6.07, 6.45) is 3.79. The fraction of sp³-hybridized carbons (Fsp3) is 0.750. The van der Waals surface area contributed by atoms with Gasteiger partial charge in [0, 0.05) is 38.5 Å². The van der Waals surface area contributed by atoms with Gasteiger partial charge in [0.15, 0.2) is 0 Å². The molecule has 0 radical (unpaired) electrons. The number of aliphatic hydroxyl groups excluding tert-OH is 1. The lowest BCUT2D eigenvalue weighted by atomic mass is 10.2. The van der Waals surface area contributed by atoms with Crippen molar-refractivity contribution in [3.63, 3.8) is 0 Å². The number of nitrogen functional groups attached to an aromatic ring is 1. The lowest BCUT2D eigenvalue weighted by Crippen LogP contribution is -2.33. The monoisotopic (exact) mass is 240 g/mol. The van der Waals surface area contributed by atoms with Gasteiger partial charge in [-0.05, 0) is 32.8 Å². The first-order valence-electron chi connectivity index (χ1n) is 6.27. The molecule has 0 aliphatic carbocycles. The molecule has 0 spiro atoms. The number of aliphatic hydroxyl groups is 1. The molecule has 0 aliphatic rings. The van der Waals surface area contributed by atoms with Crippen LogP contribution >= 0.6 is 0 Å². The summed E-state index contributed by atoms with van der Waals surface area (Å²) in [7, 11) is 0. The van der Waals surface area contributed by atoms with Crippen LogP contribution < -0.4 is 5.73 Å². The van der Waals surface area contributed by atoms with Crippen LogP contribution in [0.2, 0.25) is 0 Å². The highest BCUT2D eigenvalue weighted by molar-refractivity contribution is 5.23. The average Bonchev–Trinajstić information content (AvgIpc) is 2.68. The van der Waals surface area contributed by atoms with E-state index in [2.05, 4.69) is 23.8 Å². The van der Waals surface area contributed by atoms with Crippen molar-refractivity contribution in [2.24, 2.45) is 0 Å². The van der Waals surface area contributed by atoms with E-state index in [0.29, 0.717) is 11.9 Å². The first-order chi connectivity index (χ1) is 8.13. The molecule has 1 rings (SSSR count). The highest BCUT2D eigenvalue weighted by Crippen LogP contribution is 2.03. The van der Waals surface area contributed by atoms with Crippen LogP contribution in [-0.2, 0) is 6.54 Å². The van der Waals surface area contributed by atoms with Crippen molar-refractivity contribution in [2.45, 2.75) is 39.3 Å². The van der Waals surface area contributed by atoms with E-state index in [0.717, 1.165) is 32.5 Å². The SMILES string of the molecule is CC(C)N(CCCO)CCCn1ccc(N)n1. The third-order valence-corrected chi connectivity index (χ3v) is 2.83. The Balaban J connectivity index is 2.26. The Morgan fingerprint density at radius 3 is 2.65 bits per heavy atom. The summed E-state index contributed by atoms with van der Waals surface area (Å²) in [4.78, 5) is 2.38. The summed E-state index contributed by atoms with van der Waals surface area (Å²) in [5, 5.41) is 13.0. The molecule has 1 aromatic rings. The van der Waals surface area contributed by atoms with Crippen LogP contribution in [0.15, 0.2) is 12.3 Å². The molecule has 1 heterocycles. The van der Waals surface area contributed by atoms with Crippen LogP contribution in [0.5, 0.6) is 0 Å². The van der Waals surface area contributed by atoms with E-state index in [1.165, 1.54) is 0 Å². The predicted octanol–water partition coefficient (Wildman–Crippen LogP) is 0.948. The van der Waals surface area contributed by atoms with Crippen LogP contribution in [0.4, 0.5) is 5.82 Å². The van der Waals surface area contributed by atoms with E-state index in [4.69, 9.17) is 10.8 Å². The minimum absolute atomic E-state index is 0.263. The molecule has 17 heavy (non-hydrogen) atoms. The number of hydrogen-bond acceptors (Lipinski definition) is 4. The van der Waals surface area contributed by atoms with Crippen molar-refractivity contribution in [2.75, 3.05) is 25.4 Å². The highest BCUT2D eigenvalue weighted by atomic mass is 16.3. The molecule has 0 amide bonds. The van der Waals surface area contributed by atoms with E-state index < -0.39 is 0 Å². The van der Waals surface area contributed by atoms with Crippen molar-refractivity contribution in [1.82, 2.24) is 14.7 Å². The number of hydrogen-bond donors (Lipinski definition) is 2. The van der Waals surface area contributed by atoms with E-state index in [9.17, 15) is 0 Å². The first kappa shape index (κ1) is 14.0. The molecule has 0 fully saturated rings. The Kier molecular flexibility index (Phi) is 6.00. The second kappa shape index (κ2) is 7.29. The minimum Gasteiger partial charge on any atom is -0.396 e. The lowest BCUT2D eigenvalue weighted by Gasteiger charge is -2.26. The second-order valence-electron chi connectivity index (χ2n) is 4.56. The lowest BCUT2D eigenvalue weighted by molar-refractivity contribution is 0.187.